The highest BCUT2D eigenvalue weighted by Crippen LogP contribution is 2.20. The SMILES string of the molecule is Cc1ccc(C#N)cc1NC(=O)CCC1CCNCC1. The van der Waals surface area contributed by atoms with Gasteiger partial charge in [-0.3, -0.25) is 4.79 Å². The Balaban J connectivity index is 1.86. The van der Waals surface area contributed by atoms with E-state index in [0.717, 1.165) is 43.6 Å². The molecule has 0 aliphatic carbocycles. The van der Waals surface area contributed by atoms with E-state index in [0.29, 0.717) is 17.9 Å². The average molecular weight is 271 g/mol. The Kier molecular flexibility index (Phi) is 5.14. The Morgan fingerprint density at radius 3 is 2.90 bits per heavy atom. The molecule has 1 aromatic rings. The summed E-state index contributed by atoms with van der Waals surface area (Å²) in [5, 5.41) is 15.1. The van der Waals surface area contributed by atoms with Crippen molar-refractivity contribution in [2.75, 3.05) is 18.4 Å². The Bertz CT molecular complexity index is 513. The summed E-state index contributed by atoms with van der Waals surface area (Å²) >= 11 is 0. The normalized spacial score (nSPS) is 15.6. The summed E-state index contributed by atoms with van der Waals surface area (Å²) in [7, 11) is 0. The van der Waals surface area contributed by atoms with Crippen LogP contribution >= 0.6 is 0 Å². The van der Waals surface area contributed by atoms with Crippen LogP contribution in [-0.2, 0) is 4.79 Å². The average Bonchev–Trinajstić information content (AvgIpc) is 2.48. The zero-order valence-electron chi connectivity index (χ0n) is 11.9. The van der Waals surface area contributed by atoms with E-state index in [4.69, 9.17) is 5.26 Å². The van der Waals surface area contributed by atoms with Crippen LogP contribution in [0, 0.1) is 24.2 Å². The first-order valence-electron chi connectivity index (χ1n) is 7.20. The van der Waals surface area contributed by atoms with Crippen LogP contribution < -0.4 is 10.6 Å². The van der Waals surface area contributed by atoms with Crippen molar-refractivity contribution < 1.29 is 4.79 Å². The molecule has 2 rings (SSSR count). The van der Waals surface area contributed by atoms with Crippen molar-refractivity contribution in [3.63, 3.8) is 0 Å². The minimum atomic E-state index is 0.0433. The van der Waals surface area contributed by atoms with Crippen molar-refractivity contribution in [3.8, 4) is 6.07 Å². The third kappa shape index (κ3) is 4.07. The highest BCUT2D eigenvalue weighted by Gasteiger charge is 2.14. The van der Waals surface area contributed by atoms with Crippen molar-refractivity contribution in [1.29, 1.82) is 5.26 Å². The summed E-state index contributed by atoms with van der Waals surface area (Å²) in [6.45, 7) is 4.06. The van der Waals surface area contributed by atoms with E-state index in [1.807, 2.05) is 13.0 Å². The van der Waals surface area contributed by atoms with Crippen molar-refractivity contribution >= 4 is 11.6 Å². The van der Waals surface area contributed by atoms with Crippen LogP contribution in [-0.4, -0.2) is 19.0 Å². The number of hydrogen-bond acceptors (Lipinski definition) is 3. The van der Waals surface area contributed by atoms with Crippen LogP contribution in [0.2, 0.25) is 0 Å². The highest BCUT2D eigenvalue weighted by molar-refractivity contribution is 5.91. The van der Waals surface area contributed by atoms with E-state index in [2.05, 4.69) is 16.7 Å². The highest BCUT2D eigenvalue weighted by atomic mass is 16.1. The predicted octanol–water partition coefficient (Wildman–Crippen LogP) is 2.59. The lowest BCUT2D eigenvalue weighted by atomic mass is 9.93. The fraction of sp³-hybridized carbons (Fsp3) is 0.500. The largest absolute Gasteiger partial charge is 0.326 e. The molecule has 0 radical (unpaired) electrons. The minimum absolute atomic E-state index is 0.0433. The van der Waals surface area contributed by atoms with Gasteiger partial charge in [-0.25, -0.2) is 0 Å². The number of nitriles is 1. The second kappa shape index (κ2) is 7.06. The Hall–Kier alpha value is -1.86. The van der Waals surface area contributed by atoms with Gasteiger partial charge in [0.2, 0.25) is 5.91 Å². The van der Waals surface area contributed by atoms with E-state index >= 15 is 0 Å². The first-order valence-corrected chi connectivity index (χ1v) is 7.20. The van der Waals surface area contributed by atoms with Gasteiger partial charge < -0.3 is 10.6 Å². The van der Waals surface area contributed by atoms with Gasteiger partial charge in [-0.2, -0.15) is 5.26 Å². The van der Waals surface area contributed by atoms with E-state index in [9.17, 15) is 4.79 Å². The maximum atomic E-state index is 12.0. The summed E-state index contributed by atoms with van der Waals surface area (Å²) in [4.78, 5) is 12.0. The van der Waals surface area contributed by atoms with E-state index in [1.54, 1.807) is 12.1 Å². The van der Waals surface area contributed by atoms with Gasteiger partial charge in [0, 0.05) is 12.1 Å². The van der Waals surface area contributed by atoms with Gasteiger partial charge in [0.25, 0.3) is 0 Å². The first kappa shape index (κ1) is 14.5. The smallest absolute Gasteiger partial charge is 0.224 e. The molecule has 1 aliphatic heterocycles. The van der Waals surface area contributed by atoms with Gasteiger partial charge >= 0.3 is 0 Å². The van der Waals surface area contributed by atoms with Gasteiger partial charge in [-0.15, -0.1) is 0 Å². The van der Waals surface area contributed by atoms with Crippen LogP contribution in [0.15, 0.2) is 18.2 Å². The van der Waals surface area contributed by atoms with E-state index < -0.39 is 0 Å². The van der Waals surface area contributed by atoms with Crippen LogP contribution in [0.4, 0.5) is 5.69 Å². The molecule has 2 N–H and O–H groups in total. The molecule has 1 saturated heterocycles. The number of aryl methyl sites for hydroxylation is 1. The number of piperidine rings is 1. The fourth-order valence-electron chi connectivity index (χ4n) is 2.54. The maximum absolute atomic E-state index is 12.0. The fourth-order valence-corrected chi connectivity index (χ4v) is 2.54. The zero-order chi connectivity index (χ0) is 14.4. The van der Waals surface area contributed by atoms with E-state index in [-0.39, 0.29) is 5.91 Å². The number of nitrogens with one attached hydrogen (secondary N) is 2. The van der Waals surface area contributed by atoms with Crippen molar-refractivity contribution in [1.82, 2.24) is 5.32 Å². The molecule has 0 atom stereocenters. The van der Waals surface area contributed by atoms with Crippen molar-refractivity contribution in [3.05, 3.63) is 29.3 Å². The molecule has 1 amide bonds. The van der Waals surface area contributed by atoms with Crippen LogP contribution in [0.5, 0.6) is 0 Å². The third-order valence-corrected chi connectivity index (χ3v) is 3.88. The monoisotopic (exact) mass is 271 g/mol. The lowest BCUT2D eigenvalue weighted by Crippen LogP contribution is -2.28. The Morgan fingerprint density at radius 2 is 2.20 bits per heavy atom. The molecule has 0 saturated carbocycles. The summed E-state index contributed by atoms with van der Waals surface area (Å²) in [6, 6.07) is 7.45. The molecule has 1 aliphatic rings. The summed E-state index contributed by atoms with van der Waals surface area (Å²) < 4.78 is 0. The minimum Gasteiger partial charge on any atom is -0.326 e. The summed E-state index contributed by atoms with van der Waals surface area (Å²) in [5.74, 6) is 0.704. The number of nitrogens with zero attached hydrogens (tertiary/aromatic N) is 1. The number of carbonyl (C=O) groups excluding carboxylic acids is 1. The number of rotatable bonds is 4. The van der Waals surface area contributed by atoms with Crippen LogP contribution in [0.3, 0.4) is 0 Å². The molecule has 0 aromatic heterocycles. The Labute approximate surface area is 120 Å². The lowest BCUT2D eigenvalue weighted by molar-refractivity contribution is -0.116. The third-order valence-electron chi connectivity index (χ3n) is 3.88. The maximum Gasteiger partial charge on any atom is 0.224 e. The number of hydrogen-bond donors (Lipinski definition) is 2. The first-order chi connectivity index (χ1) is 9.69. The molecule has 0 spiro atoms. The standard InChI is InChI=1S/C16H21N3O/c1-12-2-3-14(11-17)10-15(12)19-16(20)5-4-13-6-8-18-9-7-13/h2-3,10,13,18H,4-9H2,1H3,(H,19,20). The molecule has 4 heteroatoms. The number of anilines is 1. The molecule has 0 bridgehead atoms. The van der Waals surface area contributed by atoms with E-state index in [1.165, 1.54) is 0 Å². The summed E-state index contributed by atoms with van der Waals surface area (Å²) in [6.07, 6.45) is 3.83. The Morgan fingerprint density at radius 1 is 1.45 bits per heavy atom. The quantitative estimate of drug-likeness (QED) is 0.884. The van der Waals surface area contributed by atoms with Crippen LogP contribution in [0.25, 0.3) is 0 Å². The molecule has 20 heavy (non-hydrogen) atoms. The number of benzene rings is 1. The molecule has 4 nitrogen and oxygen atoms in total. The molecule has 1 heterocycles. The van der Waals surface area contributed by atoms with Gasteiger partial charge in [0.05, 0.1) is 11.6 Å². The number of amides is 1. The van der Waals surface area contributed by atoms with Gasteiger partial charge in [0.1, 0.15) is 0 Å². The van der Waals surface area contributed by atoms with Gasteiger partial charge in [-0.1, -0.05) is 6.07 Å². The number of carbonyl (C=O) groups is 1. The van der Waals surface area contributed by atoms with Crippen molar-refractivity contribution in [2.45, 2.75) is 32.6 Å². The van der Waals surface area contributed by atoms with Gasteiger partial charge in [0.15, 0.2) is 0 Å². The van der Waals surface area contributed by atoms with Gasteiger partial charge in [-0.05, 0) is 62.9 Å². The van der Waals surface area contributed by atoms with Crippen molar-refractivity contribution in [2.24, 2.45) is 5.92 Å². The second-order valence-corrected chi connectivity index (χ2v) is 5.42. The zero-order valence-corrected chi connectivity index (χ0v) is 11.9. The lowest BCUT2D eigenvalue weighted by Gasteiger charge is -2.22. The summed E-state index contributed by atoms with van der Waals surface area (Å²) in [5.41, 5.74) is 2.31. The molecule has 0 unspecified atom stereocenters. The van der Waals surface area contributed by atoms with Crippen LogP contribution in [0.1, 0.15) is 36.8 Å². The molecular weight excluding hydrogens is 250 g/mol. The molecular formula is C16H21N3O. The molecule has 1 fully saturated rings. The second-order valence-electron chi connectivity index (χ2n) is 5.42. The molecule has 1 aromatic carbocycles. The topological polar surface area (TPSA) is 64.9 Å². The predicted molar refractivity (Wildman–Crippen MR) is 79.4 cm³/mol. The molecule has 106 valence electrons.